The van der Waals surface area contributed by atoms with Gasteiger partial charge < -0.3 is 0 Å². The molecular formula is C15H14Cl2N6O. The maximum absolute atomic E-state index is 12.1. The van der Waals surface area contributed by atoms with Crippen molar-refractivity contribution in [3.8, 4) is 0 Å². The van der Waals surface area contributed by atoms with E-state index in [4.69, 9.17) is 23.2 Å². The van der Waals surface area contributed by atoms with Crippen molar-refractivity contribution in [2.24, 2.45) is 0 Å². The van der Waals surface area contributed by atoms with Crippen molar-refractivity contribution in [2.45, 2.75) is 20.0 Å². The Morgan fingerprint density at radius 1 is 1.25 bits per heavy atom. The molecule has 2 heterocycles. The smallest absolute Gasteiger partial charge is 0.261 e. The fourth-order valence-electron chi connectivity index (χ4n) is 2.10. The maximum Gasteiger partial charge on any atom is 0.261 e. The first-order chi connectivity index (χ1) is 11.6. The molecule has 9 heteroatoms. The van der Waals surface area contributed by atoms with Crippen LogP contribution in [0.4, 0.5) is 5.95 Å². The molecule has 0 fully saturated rings. The SMILES string of the molecule is CCn1cc(C(=O)Nc2ncn(Cc3c(Cl)cccc3Cl)n2)cn1. The van der Waals surface area contributed by atoms with Crippen molar-refractivity contribution in [1.29, 1.82) is 0 Å². The second-order valence-corrected chi connectivity index (χ2v) is 5.82. The summed E-state index contributed by atoms with van der Waals surface area (Å²) < 4.78 is 3.22. The van der Waals surface area contributed by atoms with Gasteiger partial charge in [-0.15, -0.1) is 5.10 Å². The first-order valence-corrected chi connectivity index (χ1v) is 7.98. The predicted octanol–water partition coefficient (Wildman–Crippen LogP) is 3.10. The molecule has 2 aromatic heterocycles. The average molecular weight is 365 g/mol. The second kappa shape index (κ2) is 7.02. The fourth-order valence-corrected chi connectivity index (χ4v) is 2.62. The van der Waals surface area contributed by atoms with Crippen LogP contribution in [0.1, 0.15) is 22.8 Å². The lowest BCUT2D eigenvalue weighted by Crippen LogP contribution is -2.13. The van der Waals surface area contributed by atoms with Crippen LogP contribution >= 0.6 is 23.2 Å². The molecule has 7 nitrogen and oxygen atoms in total. The highest BCUT2D eigenvalue weighted by molar-refractivity contribution is 6.35. The quantitative estimate of drug-likeness (QED) is 0.754. The number of halogens is 2. The van der Waals surface area contributed by atoms with Gasteiger partial charge in [-0.05, 0) is 19.1 Å². The third kappa shape index (κ3) is 3.58. The predicted molar refractivity (Wildman–Crippen MR) is 91.4 cm³/mol. The van der Waals surface area contributed by atoms with Gasteiger partial charge in [0.05, 0.1) is 18.3 Å². The number of hydrogen-bond donors (Lipinski definition) is 1. The molecule has 1 N–H and O–H groups in total. The number of hydrogen-bond acceptors (Lipinski definition) is 4. The number of nitrogens with zero attached hydrogens (tertiary/aromatic N) is 5. The zero-order valence-corrected chi connectivity index (χ0v) is 14.3. The fraction of sp³-hybridized carbons (Fsp3) is 0.200. The number of carbonyl (C=O) groups excluding carboxylic acids is 1. The molecule has 3 aromatic rings. The highest BCUT2D eigenvalue weighted by atomic mass is 35.5. The Bertz CT molecular complexity index is 852. The molecule has 0 bridgehead atoms. The summed E-state index contributed by atoms with van der Waals surface area (Å²) in [7, 11) is 0. The number of amides is 1. The van der Waals surface area contributed by atoms with Crippen LogP contribution in [-0.2, 0) is 13.1 Å². The number of carbonyl (C=O) groups is 1. The zero-order valence-electron chi connectivity index (χ0n) is 12.8. The lowest BCUT2D eigenvalue weighted by Gasteiger charge is -2.06. The summed E-state index contributed by atoms with van der Waals surface area (Å²) in [4.78, 5) is 16.2. The van der Waals surface area contributed by atoms with Gasteiger partial charge in [-0.1, -0.05) is 29.3 Å². The normalized spacial score (nSPS) is 10.8. The Labute approximate surface area is 148 Å². The van der Waals surface area contributed by atoms with E-state index < -0.39 is 0 Å². The van der Waals surface area contributed by atoms with Crippen molar-refractivity contribution < 1.29 is 4.79 Å². The molecule has 0 aliphatic heterocycles. The van der Waals surface area contributed by atoms with Gasteiger partial charge in [-0.2, -0.15) is 5.10 Å². The van der Waals surface area contributed by atoms with Crippen molar-refractivity contribution >= 4 is 35.1 Å². The number of benzene rings is 1. The van der Waals surface area contributed by atoms with Crippen LogP contribution in [0.2, 0.25) is 10.0 Å². The Kier molecular flexibility index (Phi) is 4.82. The van der Waals surface area contributed by atoms with Gasteiger partial charge in [0, 0.05) is 28.4 Å². The average Bonchev–Trinajstić information content (AvgIpc) is 3.20. The molecule has 0 saturated carbocycles. The maximum atomic E-state index is 12.1. The van der Waals surface area contributed by atoms with Crippen molar-refractivity contribution in [3.63, 3.8) is 0 Å². The minimum atomic E-state index is -0.316. The molecular weight excluding hydrogens is 351 g/mol. The summed E-state index contributed by atoms with van der Waals surface area (Å²) >= 11 is 12.3. The molecule has 24 heavy (non-hydrogen) atoms. The second-order valence-electron chi connectivity index (χ2n) is 5.00. The Morgan fingerprint density at radius 2 is 2.00 bits per heavy atom. The summed E-state index contributed by atoms with van der Waals surface area (Å²) in [6.45, 7) is 2.99. The molecule has 1 amide bonds. The van der Waals surface area contributed by atoms with E-state index in [2.05, 4.69) is 20.5 Å². The van der Waals surface area contributed by atoms with E-state index in [0.29, 0.717) is 28.7 Å². The molecule has 0 radical (unpaired) electrons. The van der Waals surface area contributed by atoms with Crippen LogP contribution in [0.25, 0.3) is 0 Å². The standard InChI is InChI=1S/C15H14Cl2N6O/c1-2-22-7-10(6-19-22)14(24)20-15-18-9-23(21-15)8-11-12(16)4-3-5-13(11)17/h3-7,9H,2,8H2,1H3,(H,20,21,24). The van der Waals surface area contributed by atoms with Gasteiger partial charge in [-0.3, -0.25) is 14.8 Å². The van der Waals surface area contributed by atoms with Gasteiger partial charge >= 0.3 is 0 Å². The molecule has 124 valence electrons. The number of nitrogens with one attached hydrogen (secondary N) is 1. The van der Waals surface area contributed by atoms with Crippen LogP contribution < -0.4 is 5.32 Å². The topological polar surface area (TPSA) is 77.6 Å². The monoisotopic (exact) mass is 364 g/mol. The van der Waals surface area contributed by atoms with E-state index in [1.807, 2.05) is 6.92 Å². The molecule has 0 spiro atoms. The highest BCUT2D eigenvalue weighted by Gasteiger charge is 2.12. The van der Waals surface area contributed by atoms with Crippen LogP contribution in [0.3, 0.4) is 0 Å². The third-order valence-corrected chi connectivity index (χ3v) is 4.07. The molecule has 3 rings (SSSR count). The molecule has 0 aliphatic rings. The Hall–Kier alpha value is -2.38. The van der Waals surface area contributed by atoms with E-state index in [1.165, 1.54) is 12.5 Å². The van der Waals surface area contributed by atoms with E-state index in [-0.39, 0.29) is 11.9 Å². The molecule has 0 atom stereocenters. The molecule has 0 unspecified atom stereocenters. The van der Waals surface area contributed by atoms with E-state index in [1.54, 1.807) is 33.8 Å². The van der Waals surface area contributed by atoms with E-state index in [9.17, 15) is 4.79 Å². The van der Waals surface area contributed by atoms with Crippen LogP contribution in [-0.4, -0.2) is 30.5 Å². The van der Waals surface area contributed by atoms with Gasteiger partial charge in [0.1, 0.15) is 6.33 Å². The highest BCUT2D eigenvalue weighted by Crippen LogP contribution is 2.24. The van der Waals surface area contributed by atoms with E-state index in [0.717, 1.165) is 5.56 Å². The van der Waals surface area contributed by atoms with Crippen molar-refractivity contribution in [2.75, 3.05) is 5.32 Å². The summed E-state index contributed by atoms with van der Waals surface area (Å²) in [6, 6.07) is 5.29. The Balaban J connectivity index is 1.70. The third-order valence-electron chi connectivity index (χ3n) is 3.36. The summed E-state index contributed by atoms with van der Waals surface area (Å²) in [5.74, 6) is -0.115. The number of rotatable bonds is 5. The number of aryl methyl sites for hydroxylation is 1. The summed E-state index contributed by atoms with van der Waals surface area (Å²) in [5.41, 5.74) is 1.19. The van der Waals surface area contributed by atoms with Crippen LogP contribution in [0.15, 0.2) is 36.9 Å². The first kappa shape index (κ1) is 16.5. The number of aromatic nitrogens is 5. The number of anilines is 1. The first-order valence-electron chi connectivity index (χ1n) is 7.23. The van der Waals surface area contributed by atoms with E-state index >= 15 is 0 Å². The van der Waals surface area contributed by atoms with Crippen molar-refractivity contribution in [3.05, 3.63) is 58.1 Å². The molecule has 0 saturated heterocycles. The van der Waals surface area contributed by atoms with Crippen LogP contribution in [0, 0.1) is 0 Å². The lowest BCUT2D eigenvalue weighted by molar-refractivity contribution is 0.102. The molecule has 0 aliphatic carbocycles. The Morgan fingerprint density at radius 3 is 2.67 bits per heavy atom. The van der Waals surface area contributed by atoms with Gasteiger partial charge in [0.2, 0.25) is 5.95 Å². The van der Waals surface area contributed by atoms with Gasteiger partial charge in [-0.25, -0.2) is 9.67 Å². The van der Waals surface area contributed by atoms with Gasteiger partial charge in [0.15, 0.2) is 0 Å². The minimum Gasteiger partial charge on any atom is -0.289 e. The summed E-state index contributed by atoms with van der Waals surface area (Å²) in [5, 5.41) is 12.0. The lowest BCUT2D eigenvalue weighted by atomic mass is 10.2. The zero-order chi connectivity index (χ0) is 17.1. The minimum absolute atomic E-state index is 0.201. The van der Waals surface area contributed by atoms with Gasteiger partial charge in [0.25, 0.3) is 5.91 Å². The molecule has 1 aromatic carbocycles. The van der Waals surface area contributed by atoms with Crippen LogP contribution in [0.5, 0.6) is 0 Å². The summed E-state index contributed by atoms with van der Waals surface area (Å²) in [6.07, 6.45) is 4.67. The largest absolute Gasteiger partial charge is 0.289 e. The van der Waals surface area contributed by atoms with Crippen molar-refractivity contribution in [1.82, 2.24) is 24.5 Å².